The molecule has 4 nitrogen and oxygen atoms in total. The first-order valence-corrected chi connectivity index (χ1v) is 11.6. The number of rotatable bonds is 14. The number of unbranched alkanes of at least 4 members (excludes halogenated alkanes) is 4. The van der Waals surface area contributed by atoms with E-state index in [4.69, 9.17) is 19.7 Å². The van der Waals surface area contributed by atoms with E-state index in [0.717, 1.165) is 61.2 Å². The smallest absolute Gasteiger partial charge is 0.119 e. The Bertz CT molecular complexity index is 810. The fourth-order valence-corrected chi connectivity index (χ4v) is 3.50. The van der Waals surface area contributed by atoms with Crippen LogP contribution < -0.4 is 9.47 Å². The van der Waals surface area contributed by atoms with Crippen LogP contribution in [0, 0.1) is 0 Å². The van der Waals surface area contributed by atoms with Gasteiger partial charge in [-0.2, -0.15) is 0 Å². The summed E-state index contributed by atoms with van der Waals surface area (Å²) in [6.45, 7) is 1.86. The van der Waals surface area contributed by atoms with Crippen molar-refractivity contribution in [3.63, 3.8) is 0 Å². The second-order valence-corrected chi connectivity index (χ2v) is 7.89. The maximum Gasteiger partial charge on any atom is 0.119 e. The maximum absolute atomic E-state index is 8.81. The van der Waals surface area contributed by atoms with Crippen molar-refractivity contribution >= 4 is 0 Å². The Hall–Kier alpha value is -2.82. The Morgan fingerprint density at radius 1 is 0.406 bits per heavy atom. The Morgan fingerprint density at radius 2 is 0.719 bits per heavy atom. The molecular formula is C28H34O4. The van der Waals surface area contributed by atoms with Gasteiger partial charge in [-0.05, 0) is 85.0 Å². The molecule has 3 aromatic carbocycles. The van der Waals surface area contributed by atoms with Crippen molar-refractivity contribution in [3.05, 3.63) is 72.8 Å². The van der Waals surface area contributed by atoms with Crippen LogP contribution in [0.15, 0.2) is 72.8 Å². The molecule has 2 N–H and O–H groups in total. The van der Waals surface area contributed by atoms with E-state index in [1.165, 1.54) is 11.1 Å². The Kier molecular flexibility index (Phi) is 10.1. The molecule has 0 fully saturated rings. The van der Waals surface area contributed by atoms with Gasteiger partial charge >= 0.3 is 0 Å². The fraction of sp³-hybridized carbons (Fsp3) is 0.357. The average molecular weight is 435 g/mol. The van der Waals surface area contributed by atoms with Crippen molar-refractivity contribution in [1.29, 1.82) is 0 Å². The zero-order valence-corrected chi connectivity index (χ0v) is 18.7. The molecule has 0 spiro atoms. The third kappa shape index (κ3) is 7.70. The normalized spacial score (nSPS) is 10.8. The molecule has 0 bridgehead atoms. The van der Waals surface area contributed by atoms with Crippen molar-refractivity contribution < 1.29 is 19.7 Å². The van der Waals surface area contributed by atoms with Gasteiger partial charge in [0.2, 0.25) is 0 Å². The summed E-state index contributed by atoms with van der Waals surface area (Å²) in [7, 11) is 0. The summed E-state index contributed by atoms with van der Waals surface area (Å²) in [5.41, 5.74) is 4.67. The van der Waals surface area contributed by atoms with Crippen LogP contribution in [0.2, 0.25) is 0 Å². The number of ether oxygens (including phenoxy) is 2. The van der Waals surface area contributed by atoms with Crippen LogP contribution in [0.25, 0.3) is 22.3 Å². The third-order valence-electron chi connectivity index (χ3n) is 5.40. The highest BCUT2D eigenvalue weighted by Crippen LogP contribution is 2.27. The molecule has 3 aromatic rings. The van der Waals surface area contributed by atoms with Crippen LogP contribution in [0.5, 0.6) is 11.5 Å². The van der Waals surface area contributed by atoms with Crippen LogP contribution in [-0.2, 0) is 0 Å². The van der Waals surface area contributed by atoms with Crippen LogP contribution in [-0.4, -0.2) is 36.6 Å². The zero-order chi connectivity index (χ0) is 22.4. The molecule has 0 aliphatic heterocycles. The van der Waals surface area contributed by atoms with Crippen LogP contribution in [0.1, 0.15) is 38.5 Å². The number of aliphatic hydroxyl groups is 2. The molecule has 0 radical (unpaired) electrons. The van der Waals surface area contributed by atoms with Crippen molar-refractivity contribution in [2.45, 2.75) is 38.5 Å². The van der Waals surface area contributed by atoms with Crippen molar-refractivity contribution in [1.82, 2.24) is 0 Å². The number of aliphatic hydroxyl groups excluding tert-OH is 2. The van der Waals surface area contributed by atoms with Crippen molar-refractivity contribution in [2.24, 2.45) is 0 Å². The van der Waals surface area contributed by atoms with Gasteiger partial charge in [-0.1, -0.05) is 48.5 Å². The number of hydrogen-bond donors (Lipinski definition) is 2. The van der Waals surface area contributed by atoms with E-state index in [1.54, 1.807) is 0 Å². The first-order chi connectivity index (χ1) is 15.8. The number of benzene rings is 3. The lowest BCUT2D eigenvalue weighted by Gasteiger charge is -2.09. The van der Waals surface area contributed by atoms with E-state index >= 15 is 0 Å². The molecule has 0 saturated heterocycles. The maximum atomic E-state index is 8.81. The summed E-state index contributed by atoms with van der Waals surface area (Å²) in [6.07, 6.45) is 5.57. The standard InChI is InChI=1S/C28H34O4/c29-19-3-1-5-21-31-27-15-11-25(12-16-27)23-7-9-24(10-8-23)26-13-17-28(18-14-26)32-22-6-2-4-20-30/h7-18,29-30H,1-6,19-22H2. The highest BCUT2D eigenvalue weighted by molar-refractivity contribution is 5.71. The molecule has 0 unspecified atom stereocenters. The second kappa shape index (κ2) is 13.6. The van der Waals surface area contributed by atoms with E-state index in [-0.39, 0.29) is 13.2 Å². The van der Waals surface area contributed by atoms with Crippen LogP contribution in [0.4, 0.5) is 0 Å². The molecular weight excluding hydrogens is 400 g/mol. The largest absolute Gasteiger partial charge is 0.494 e. The first-order valence-electron chi connectivity index (χ1n) is 11.6. The summed E-state index contributed by atoms with van der Waals surface area (Å²) >= 11 is 0. The van der Waals surface area contributed by atoms with Gasteiger partial charge in [-0.25, -0.2) is 0 Å². The molecule has 0 saturated carbocycles. The van der Waals surface area contributed by atoms with Crippen LogP contribution in [0.3, 0.4) is 0 Å². The minimum absolute atomic E-state index is 0.250. The molecule has 4 heteroatoms. The van der Waals surface area contributed by atoms with E-state index in [0.29, 0.717) is 13.2 Å². The molecule has 170 valence electrons. The minimum atomic E-state index is 0.250. The summed E-state index contributed by atoms with van der Waals surface area (Å²) in [6, 6.07) is 25.0. The molecule has 0 amide bonds. The van der Waals surface area contributed by atoms with Crippen LogP contribution >= 0.6 is 0 Å². The van der Waals surface area contributed by atoms with Gasteiger partial charge in [0.05, 0.1) is 13.2 Å². The summed E-state index contributed by atoms with van der Waals surface area (Å²) in [5, 5.41) is 17.6. The van der Waals surface area contributed by atoms with E-state index in [9.17, 15) is 0 Å². The van der Waals surface area contributed by atoms with Gasteiger partial charge < -0.3 is 19.7 Å². The summed E-state index contributed by atoms with van der Waals surface area (Å²) in [5.74, 6) is 1.76. The highest BCUT2D eigenvalue weighted by atomic mass is 16.5. The van der Waals surface area contributed by atoms with Crippen molar-refractivity contribution in [2.75, 3.05) is 26.4 Å². The SMILES string of the molecule is OCCCCCOc1ccc(-c2ccc(-c3ccc(OCCCCCO)cc3)cc2)cc1. The van der Waals surface area contributed by atoms with E-state index < -0.39 is 0 Å². The molecule has 0 heterocycles. The van der Waals surface area contributed by atoms with Gasteiger partial charge in [0, 0.05) is 13.2 Å². The Morgan fingerprint density at radius 3 is 1.03 bits per heavy atom. The quantitative estimate of drug-likeness (QED) is 0.301. The molecule has 0 atom stereocenters. The fourth-order valence-electron chi connectivity index (χ4n) is 3.50. The lowest BCUT2D eigenvalue weighted by atomic mass is 10.0. The van der Waals surface area contributed by atoms with Gasteiger partial charge in [0.25, 0.3) is 0 Å². The Balaban J connectivity index is 1.51. The van der Waals surface area contributed by atoms with Gasteiger partial charge in [0.15, 0.2) is 0 Å². The van der Waals surface area contributed by atoms with Gasteiger partial charge in [0.1, 0.15) is 11.5 Å². The lowest BCUT2D eigenvalue weighted by molar-refractivity contribution is 0.265. The van der Waals surface area contributed by atoms with E-state index in [2.05, 4.69) is 48.5 Å². The molecule has 3 rings (SSSR count). The first kappa shape index (κ1) is 23.8. The zero-order valence-electron chi connectivity index (χ0n) is 18.7. The van der Waals surface area contributed by atoms with Crippen molar-refractivity contribution in [3.8, 4) is 33.8 Å². The topological polar surface area (TPSA) is 58.9 Å². The molecule has 0 aromatic heterocycles. The minimum Gasteiger partial charge on any atom is -0.494 e. The highest BCUT2D eigenvalue weighted by Gasteiger charge is 2.03. The second-order valence-electron chi connectivity index (χ2n) is 7.89. The Labute approximate surface area is 191 Å². The number of hydrogen-bond acceptors (Lipinski definition) is 4. The van der Waals surface area contributed by atoms with Gasteiger partial charge in [-0.15, -0.1) is 0 Å². The summed E-state index contributed by atoms with van der Waals surface area (Å²) in [4.78, 5) is 0. The summed E-state index contributed by atoms with van der Waals surface area (Å²) < 4.78 is 11.5. The monoisotopic (exact) mass is 434 g/mol. The van der Waals surface area contributed by atoms with E-state index in [1.807, 2.05) is 24.3 Å². The molecule has 0 aliphatic carbocycles. The predicted octanol–water partition coefficient (Wildman–Crippen LogP) is 6.10. The predicted molar refractivity (Wildman–Crippen MR) is 130 cm³/mol. The molecule has 32 heavy (non-hydrogen) atoms. The third-order valence-corrected chi connectivity index (χ3v) is 5.40. The average Bonchev–Trinajstić information content (AvgIpc) is 2.85. The lowest BCUT2D eigenvalue weighted by Crippen LogP contribution is -1.97. The molecule has 0 aliphatic rings. The van der Waals surface area contributed by atoms with Gasteiger partial charge in [-0.3, -0.25) is 0 Å².